The molecule has 23 heavy (non-hydrogen) atoms. The van der Waals surface area contributed by atoms with Crippen molar-refractivity contribution in [3.8, 4) is 5.69 Å². The first-order chi connectivity index (χ1) is 11.1. The van der Waals surface area contributed by atoms with Crippen molar-refractivity contribution in [3.05, 3.63) is 57.6 Å². The number of rotatable bonds is 3. The van der Waals surface area contributed by atoms with Gasteiger partial charge in [0.05, 0.1) is 16.1 Å². The van der Waals surface area contributed by atoms with Gasteiger partial charge in [-0.05, 0) is 44.0 Å². The van der Waals surface area contributed by atoms with Crippen LogP contribution in [0.1, 0.15) is 18.5 Å². The molecule has 0 atom stereocenters. The van der Waals surface area contributed by atoms with Crippen LogP contribution in [0.2, 0.25) is 5.02 Å². The van der Waals surface area contributed by atoms with Crippen molar-refractivity contribution in [1.82, 2.24) is 14.5 Å². The van der Waals surface area contributed by atoms with Crippen LogP contribution in [0.4, 0.5) is 5.82 Å². The minimum atomic E-state index is -0.383. The summed E-state index contributed by atoms with van der Waals surface area (Å²) in [6, 6.07) is 11.5. The van der Waals surface area contributed by atoms with Crippen molar-refractivity contribution in [3.63, 3.8) is 0 Å². The fourth-order valence-electron chi connectivity index (χ4n) is 2.58. The van der Waals surface area contributed by atoms with Gasteiger partial charge in [-0.2, -0.15) is 4.98 Å². The van der Waals surface area contributed by atoms with E-state index in [9.17, 15) is 4.79 Å². The summed E-state index contributed by atoms with van der Waals surface area (Å²) in [4.78, 5) is 21.4. The molecule has 2 heterocycles. The Hall–Kier alpha value is -2.40. The first kappa shape index (κ1) is 14.2. The molecule has 1 aliphatic rings. The van der Waals surface area contributed by atoms with Crippen LogP contribution in [-0.4, -0.2) is 20.6 Å². The Morgan fingerprint density at radius 1 is 1.17 bits per heavy atom. The molecule has 116 valence electrons. The lowest BCUT2D eigenvalue weighted by Gasteiger charge is -2.14. The summed E-state index contributed by atoms with van der Waals surface area (Å²) < 4.78 is 1.47. The molecule has 0 spiro atoms. The standard InChI is InChI=1S/C17H15ClN4O/c1-10-6-9-12-15(20-11-7-8-11)21-17(23)22(16(12)19-10)14-5-3-2-4-13(14)18/h2-6,9,11H,7-8H2,1H3,(H,20,21,23). The lowest BCUT2D eigenvalue weighted by Crippen LogP contribution is -2.25. The summed E-state index contributed by atoms with van der Waals surface area (Å²) in [5, 5.41) is 4.63. The Morgan fingerprint density at radius 3 is 2.70 bits per heavy atom. The maximum atomic E-state index is 12.6. The monoisotopic (exact) mass is 326 g/mol. The molecule has 0 saturated heterocycles. The second-order valence-corrected chi connectivity index (χ2v) is 6.18. The van der Waals surface area contributed by atoms with Crippen LogP contribution in [-0.2, 0) is 0 Å². The quantitative estimate of drug-likeness (QED) is 0.802. The summed E-state index contributed by atoms with van der Waals surface area (Å²) >= 11 is 6.27. The Kier molecular flexibility index (Phi) is 3.31. The molecule has 1 saturated carbocycles. The summed E-state index contributed by atoms with van der Waals surface area (Å²) in [5.74, 6) is 0.600. The number of benzene rings is 1. The van der Waals surface area contributed by atoms with E-state index in [0.717, 1.165) is 23.9 Å². The van der Waals surface area contributed by atoms with Crippen molar-refractivity contribution in [1.29, 1.82) is 0 Å². The number of nitrogens with zero attached hydrogens (tertiary/aromatic N) is 3. The normalized spacial score (nSPS) is 14.2. The molecule has 2 aromatic heterocycles. The van der Waals surface area contributed by atoms with Crippen LogP contribution < -0.4 is 11.0 Å². The van der Waals surface area contributed by atoms with Crippen LogP contribution >= 0.6 is 11.6 Å². The van der Waals surface area contributed by atoms with Crippen LogP contribution in [0.25, 0.3) is 16.7 Å². The zero-order valence-corrected chi connectivity index (χ0v) is 13.3. The van der Waals surface area contributed by atoms with E-state index in [2.05, 4.69) is 15.3 Å². The first-order valence-electron chi connectivity index (χ1n) is 7.55. The predicted molar refractivity (Wildman–Crippen MR) is 91.5 cm³/mol. The molecule has 1 aromatic carbocycles. The van der Waals surface area contributed by atoms with Crippen molar-refractivity contribution < 1.29 is 0 Å². The predicted octanol–water partition coefficient (Wildman–Crippen LogP) is 3.32. The van der Waals surface area contributed by atoms with Crippen LogP contribution in [0.15, 0.2) is 41.2 Å². The molecule has 1 N–H and O–H groups in total. The Balaban J connectivity index is 2.04. The van der Waals surface area contributed by atoms with Gasteiger partial charge in [0.2, 0.25) is 0 Å². The van der Waals surface area contributed by atoms with E-state index in [1.54, 1.807) is 12.1 Å². The molecule has 6 heteroatoms. The maximum Gasteiger partial charge on any atom is 0.355 e. The van der Waals surface area contributed by atoms with Crippen molar-refractivity contribution in [2.75, 3.05) is 5.32 Å². The molecule has 0 radical (unpaired) electrons. The average molecular weight is 327 g/mol. The molecule has 1 aliphatic carbocycles. The van der Waals surface area contributed by atoms with Gasteiger partial charge in [-0.15, -0.1) is 0 Å². The van der Waals surface area contributed by atoms with Gasteiger partial charge in [0.1, 0.15) is 5.82 Å². The number of nitrogens with one attached hydrogen (secondary N) is 1. The van der Waals surface area contributed by atoms with Gasteiger partial charge in [0, 0.05) is 11.7 Å². The Labute approximate surface area is 138 Å². The van der Waals surface area contributed by atoms with Gasteiger partial charge in [-0.3, -0.25) is 0 Å². The fraction of sp³-hybridized carbons (Fsp3) is 0.235. The van der Waals surface area contributed by atoms with Gasteiger partial charge < -0.3 is 5.32 Å². The second kappa shape index (κ2) is 5.35. The summed E-state index contributed by atoms with van der Waals surface area (Å²) in [7, 11) is 0. The number of aryl methyl sites for hydroxylation is 1. The number of fused-ring (bicyclic) bond motifs is 1. The molecule has 0 bridgehead atoms. The molecule has 3 aromatic rings. The summed E-state index contributed by atoms with van der Waals surface area (Å²) in [6.07, 6.45) is 2.21. The first-order valence-corrected chi connectivity index (χ1v) is 7.93. The molecular weight excluding hydrogens is 312 g/mol. The largest absolute Gasteiger partial charge is 0.367 e. The summed E-state index contributed by atoms with van der Waals surface area (Å²) in [5.41, 5.74) is 1.61. The van der Waals surface area contributed by atoms with Crippen molar-refractivity contribution >= 4 is 28.5 Å². The maximum absolute atomic E-state index is 12.6. The van der Waals surface area contributed by atoms with Gasteiger partial charge in [0.15, 0.2) is 5.65 Å². The molecule has 0 aliphatic heterocycles. The Bertz CT molecular complexity index is 962. The number of anilines is 1. The zero-order chi connectivity index (χ0) is 16.0. The SMILES string of the molecule is Cc1ccc2c(NC3CC3)nc(=O)n(-c3ccccc3Cl)c2n1. The van der Waals surface area contributed by atoms with E-state index < -0.39 is 0 Å². The van der Waals surface area contributed by atoms with Gasteiger partial charge in [-0.1, -0.05) is 23.7 Å². The van der Waals surface area contributed by atoms with E-state index in [1.165, 1.54) is 4.57 Å². The molecule has 5 nitrogen and oxygen atoms in total. The van der Waals surface area contributed by atoms with Gasteiger partial charge >= 0.3 is 5.69 Å². The highest BCUT2D eigenvalue weighted by Crippen LogP contribution is 2.29. The molecule has 4 rings (SSSR count). The van der Waals surface area contributed by atoms with Crippen molar-refractivity contribution in [2.24, 2.45) is 0 Å². The number of hydrogen-bond acceptors (Lipinski definition) is 4. The zero-order valence-electron chi connectivity index (χ0n) is 12.6. The van der Waals surface area contributed by atoms with Crippen LogP contribution in [0.5, 0.6) is 0 Å². The molecule has 0 amide bonds. The van der Waals surface area contributed by atoms with Gasteiger partial charge in [0.25, 0.3) is 0 Å². The topological polar surface area (TPSA) is 59.8 Å². The fourth-order valence-corrected chi connectivity index (χ4v) is 2.80. The summed E-state index contributed by atoms with van der Waals surface area (Å²) in [6.45, 7) is 1.90. The van der Waals surface area contributed by atoms with E-state index in [1.807, 2.05) is 31.2 Å². The lowest BCUT2D eigenvalue weighted by molar-refractivity contribution is 0.931. The molecular formula is C17H15ClN4O. The highest BCUT2D eigenvalue weighted by molar-refractivity contribution is 6.32. The number of para-hydroxylation sites is 1. The molecule has 0 unspecified atom stereocenters. The van der Waals surface area contributed by atoms with Crippen LogP contribution in [0, 0.1) is 6.92 Å². The number of pyridine rings is 1. The smallest absolute Gasteiger partial charge is 0.355 e. The number of halogens is 1. The third kappa shape index (κ3) is 2.57. The minimum absolute atomic E-state index is 0.383. The average Bonchev–Trinajstić information content (AvgIpc) is 3.32. The van der Waals surface area contributed by atoms with E-state index >= 15 is 0 Å². The van der Waals surface area contributed by atoms with Gasteiger partial charge in [-0.25, -0.2) is 14.3 Å². The van der Waals surface area contributed by atoms with Crippen LogP contribution in [0.3, 0.4) is 0 Å². The number of hydrogen-bond donors (Lipinski definition) is 1. The lowest BCUT2D eigenvalue weighted by atomic mass is 10.2. The van der Waals surface area contributed by atoms with E-state index in [-0.39, 0.29) is 5.69 Å². The number of aromatic nitrogens is 3. The third-order valence-corrected chi connectivity index (χ3v) is 4.21. The Morgan fingerprint density at radius 2 is 1.96 bits per heavy atom. The highest BCUT2D eigenvalue weighted by Gasteiger charge is 2.24. The van der Waals surface area contributed by atoms with E-state index in [0.29, 0.717) is 28.2 Å². The highest BCUT2D eigenvalue weighted by atomic mass is 35.5. The minimum Gasteiger partial charge on any atom is -0.367 e. The van der Waals surface area contributed by atoms with Crippen molar-refractivity contribution in [2.45, 2.75) is 25.8 Å². The third-order valence-electron chi connectivity index (χ3n) is 3.89. The molecule has 1 fully saturated rings. The van der Waals surface area contributed by atoms with E-state index in [4.69, 9.17) is 11.6 Å². The second-order valence-electron chi connectivity index (χ2n) is 5.77.